The van der Waals surface area contributed by atoms with E-state index in [1.807, 2.05) is 0 Å². The maximum absolute atomic E-state index is 12.1. The molecule has 0 amide bonds. The molecule has 3 N–H and O–H groups in total. The van der Waals surface area contributed by atoms with E-state index in [2.05, 4.69) is 20.2 Å². The zero-order valence-corrected chi connectivity index (χ0v) is 15.6. The molecule has 30 heavy (non-hydrogen) atoms. The second-order valence-electron chi connectivity index (χ2n) is 6.46. The number of methoxy groups -OCH3 is 1. The Morgan fingerprint density at radius 2 is 2.00 bits per heavy atom. The molecule has 0 aliphatic rings. The van der Waals surface area contributed by atoms with Gasteiger partial charge >= 0.3 is 5.97 Å². The Morgan fingerprint density at radius 3 is 2.67 bits per heavy atom. The van der Waals surface area contributed by atoms with E-state index in [-0.39, 0.29) is 11.6 Å². The van der Waals surface area contributed by atoms with Crippen LogP contribution in [0.25, 0.3) is 28.3 Å². The van der Waals surface area contributed by atoms with E-state index in [4.69, 9.17) is 14.9 Å². The average Bonchev–Trinajstić information content (AvgIpc) is 3.48. The van der Waals surface area contributed by atoms with Gasteiger partial charge in [-0.05, 0) is 29.8 Å². The molecule has 11 nitrogen and oxygen atoms in total. The fraction of sp³-hybridized carbons (Fsp3) is 0.105. The molecule has 5 rings (SSSR count). The number of benzene rings is 1. The molecule has 1 aromatic carbocycles. The van der Waals surface area contributed by atoms with E-state index in [1.165, 1.54) is 28.8 Å². The van der Waals surface area contributed by atoms with Crippen molar-refractivity contribution in [1.29, 1.82) is 0 Å². The minimum Gasteiger partial charge on any atom is -0.497 e. The molecule has 0 fully saturated rings. The first-order chi connectivity index (χ1) is 14.6. The molecule has 1 unspecified atom stereocenters. The highest BCUT2D eigenvalue weighted by molar-refractivity contribution is 5.91. The number of hydrogen-bond acceptors (Lipinski definition) is 8. The van der Waals surface area contributed by atoms with Crippen LogP contribution in [0, 0.1) is 0 Å². The van der Waals surface area contributed by atoms with Crippen molar-refractivity contribution in [3.63, 3.8) is 0 Å². The predicted molar refractivity (Wildman–Crippen MR) is 105 cm³/mol. The number of rotatable bonds is 5. The van der Waals surface area contributed by atoms with E-state index in [9.17, 15) is 9.90 Å². The molecular weight excluding hydrogens is 390 g/mol. The van der Waals surface area contributed by atoms with Gasteiger partial charge < -0.3 is 20.0 Å². The monoisotopic (exact) mass is 405 g/mol. The number of fused-ring (bicyclic) bond motifs is 3. The maximum Gasteiger partial charge on any atom is 0.333 e. The normalized spacial score (nSPS) is 12.4. The van der Waals surface area contributed by atoms with Crippen LogP contribution >= 0.6 is 0 Å². The number of carbonyl (C=O) groups is 1. The first-order valence-electron chi connectivity index (χ1n) is 8.87. The van der Waals surface area contributed by atoms with Gasteiger partial charge in [0.15, 0.2) is 23.1 Å². The van der Waals surface area contributed by atoms with Crippen molar-refractivity contribution >= 4 is 28.6 Å². The molecule has 4 aromatic heterocycles. The van der Waals surface area contributed by atoms with E-state index in [0.29, 0.717) is 33.9 Å². The number of aromatic nitrogens is 6. The standard InChI is InChI=1S/C19H15N7O4/c1-29-11-6-4-10(5-7-11)14(18(27)28)25-17-12(9-21-25)16-22-15(13-3-2-8-30-13)24-26(16)19(20)23-17/h2-9,14H,1H3,(H2,20,23)(H,27,28). The lowest BCUT2D eigenvalue weighted by molar-refractivity contribution is -0.139. The summed E-state index contributed by atoms with van der Waals surface area (Å²) in [4.78, 5) is 20.9. The molecule has 0 saturated heterocycles. The Bertz CT molecular complexity index is 1370. The van der Waals surface area contributed by atoms with Gasteiger partial charge in [0.25, 0.3) is 0 Å². The number of carboxylic acids is 1. The molecule has 11 heteroatoms. The van der Waals surface area contributed by atoms with Crippen LogP contribution in [0.15, 0.2) is 53.3 Å². The molecule has 5 aromatic rings. The Kier molecular flexibility index (Phi) is 3.88. The summed E-state index contributed by atoms with van der Waals surface area (Å²) in [6.45, 7) is 0. The van der Waals surface area contributed by atoms with Gasteiger partial charge in [-0.1, -0.05) is 12.1 Å². The number of hydrogen-bond donors (Lipinski definition) is 2. The molecule has 4 heterocycles. The molecule has 0 aliphatic heterocycles. The van der Waals surface area contributed by atoms with Crippen LogP contribution in [-0.4, -0.2) is 47.5 Å². The highest BCUT2D eigenvalue weighted by Gasteiger charge is 2.27. The molecule has 0 aliphatic carbocycles. The first kappa shape index (κ1) is 17.7. The lowest BCUT2D eigenvalue weighted by Crippen LogP contribution is -2.22. The van der Waals surface area contributed by atoms with Crippen molar-refractivity contribution in [1.82, 2.24) is 29.4 Å². The Balaban J connectivity index is 1.70. The van der Waals surface area contributed by atoms with Gasteiger partial charge in [-0.2, -0.15) is 14.6 Å². The molecule has 0 spiro atoms. The SMILES string of the molecule is COc1ccc(C(C(=O)O)n2ncc3c2nc(N)n2nc(-c4ccco4)nc32)cc1. The Labute approximate surface area is 168 Å². The molecular formula is C19H15N7O4. The smallest absolute Gasteiger partial charge is 0.333 e. The number of ether oxygens (including phenoxy) is 1. The molecule has 0 radical (unpaired) electrons. The number of nitrogen functional groups attached to an aromatic ring is 1. The number of furan rings is 1. The lowest BCUT2D eigenvalue weighted by atomic mass is 10.1. The van der Waals surface area contributed by atoms with Crippen LogP contribution in [0.1, 0.15) is 11.6 Å². The first-order valence-corrected chi connectivity index (χ1v) is 8.87. The van der Waals surface area contributed by atoms with Crippen molar-refractivity contribution in [2.45, 2.75) is 6.04 Å². The van der Waals surface area contributed by atoms with Gasteiger partial charge in [-0.25, -0.2) is 14.5 Å². The molecule has 150 valence electrons. The summed E-state index contributed by atoms with van der Waals surface area (Å²) in [5.74, 6) is 0.372. The fourth-order valence-electron chi connectivity index (χ4n) is 3.30. The minimum absolute atomic E-state index is 0.0448. The number of nitrogens with two attached hydrogens (primary N) is 1. The van der Waals surface area contributed by atoms with E-state index >= 15 is 0 Å². The van der Waals surface area contributed by atoms with E-state index in [0.717, 1.165) is 0 Å². The van der Waals surface area contributed by atoms with Gasteiger partial charge in [0.05, 0.1) is 25.0 Å². The Hall–Kier alpha value is -4.41. The lowest BCUT2D eigenvalue weighted by Gasteiger charge is -2.14. The van der Waals surface area contributed by atoms with E-state index < -0.39 is 12.0 Å². The second kappa shape index (κ2) is 6.58. The largest absolute Gasteiger partial charge is 0.497 e. The van der Waals surface area contributed by atoms with Crippen LogP contribution in [0.4, 0.5) is 5.95 Å². The quantitative estimate of drug-likeness (QED) is 0.448. The van der Waals surface area contributed by atoms with Crippen LogP contribution in [0.3, 0.4) is 0 Å². The summed E-state index contributed by atoms with van der Waals surface area (Å²) < 4.78 is 13.2. The van der Waals surface area contributed by atoms with Crippen LogP contribution < -0.4 is 10.5 Å². The molecule has 0 bridgehead atoms. The summed E-state index contributed by atoms with van der Waals surface area (Å²) in [7, 11) is 1.54. The number of aliphatic carboxylic acids is 1. The topological polar surface area (TPSA) is 147 Å². The van der Waals surface area contributed by atoms with Crippen LogP contribution in [0.5, 0.6) is 5.75 Å². The zero-order chi connectivity index (χ0) is 20.8. The second-order valence-corrected chi connectivity index (χ2v) is 6.46. The van der Waals surface area contributed by atoms with Crippen molar-refractivity contribution < 1.29 is 19.1 Å². The third-order valence-electron chi connectivity index (χ3n) is 4.71. The van der Waals surface area contributed by atoms with Crippen molar-refractivity contribution in [3.8, 4) is 17.3 Å². The highest BCUT2D eigenvalue weighted by Crippen LogP contribution is 2.28. The van der Waals surface area contributed by atoms with E-state index in [1.54, 1.807) is 36.4 Å². The predicted octanol–water partition coefficient (Wildman–Crippen LogP) is 2.00. The van der Waals surface area contributed by atoms with Crippen LogP contribution in [-0.2, 0) is 4.79 Å². The Morgan fingerprint density at radius 1 is 1.20 bits per heavy atom. The van der Waals surface area contributed by atoms with Gasteiger partial charge in [0.1, 0.15) is 5.75 Å². The summed E-state index contributed by atoms with van der Waals surface area (Å²) in [5.41, 5.74) is 7.27. The number of anilines is 1. The third kappa shape index (κ3) is 2.64. The summed E-state index contributed by atoms with van der Waals surface area (Å²) in [6, 6.07) is 9.04. The zero-order valence-electron chi connectivity index (χ0n) is 15.6. The van der Waals surface area contributed by atoms with Crippen LogP contribution in [0.2, 0.25) is 0 Å². The van der Waals surface area contributed by atoms with Crippen molar-refractivity contribution in [2.75, 3.05) is 12.8 Å². The van der Waals surface area contributed by atoms with Crippen molar-refractivity contribution in [2.24, 2.45) is 0 Å². The summed E-state index contributed by atoms with van der Waals surface area (Å²) >= 11 is 0. The highest BCUT2D eigenvalue weighted by atomic mass is 16.5. The molecule has 0 saturated carbocycles. The van der Waals surface area contributed by atoms with Gasteiger partial charge in [-0.15, -0.1) is 5.10 Å². The minimum atomic E-state index is -1.12. The maximum atomic E-state index is 12.1. The van der Waals surface area contributed by atoms with Gasteiger partial charge in [-0.3, -0.25) is 0 Å². The third-order valence-corrected chi connectivity index (χ3v) is 4.71. The summed E-state index contributed by atoms with van der Waals surface area (Å²) in [5, 5.41) is 19.0. The van der Waals surface area contributed by atoms with Crippen molar-refractivity contribution in [3.05, 3.63) is 54.4 Å². The molecule has 1 atom stereocenters. The summed E-state index contributed by atoms with van der Waals surface area (Å²) in [6.07, 6.45) is 3.01. The number of carboxylic acid groups (broad SMARTS) is 1. The average molecular weight is 405 g/mol. The number of nitrogens with zero attached hydrogens (tertiary/aromatic N) is 6. The van der Waals surface area contributed by atoms with Gasteiger partial charge in [0, 0.05) is 0 Å². The fourth-order valence-corrected chi connectivity index (χ4v) is 3.30. The van der Waals surface area contributed by atoms with Gasteiger partial charge in [0.2, 0.25) is 11.8 Å².